The zero-order valence-corrected chi connectivity index (χ0v) is 18.2. The Labute approximate surface area is 177 Å². The van der Waals surface area contributed by atoms with Crippen molar-refractivity contribution < 1.29 is 14.9 Å². The molecule has 0 bridgehead atoms. The fraction of sp³-hybridized carbons (Fsp3) is 0.348. The van der Waals surface area contributed by atoms with E-state index in [2.05, 4.69) is 42.4 Å². The molecule has 1 heterocycles. The van der Waals surface area contributed by atoms with Gasteiger partial charge in [0, 0.05) is 30.9 Å². The van der Waals surface area contributed by atoms with Crippen LogP contribution >= 0.6 is 12.6 Å². The minimum atomic E-state index is -0.196. The average molecular weight is 413 g/mol. The zero-order valence-electron chi connectivity index (χ0n) is 17.3. The van der Waals surface area contributed by atoms with E-state index in [-0.39, 0.29) is 17.4 Å². The molecule has 0 amide bonds. The number of benzene rings is 2. The van der Waals surface area contributed by atoms with Crippen molar-refractivity contribution in [3.05, 3.63) is 53.2 Å². The predicted molar refractivity (Wildman–Crippen MR) is 123 cm³/mol. The molecule has 0 radical (unpaired) electrons. The van der Waals surface area contributed by atoms with Crippen molar-refractivity contribution in [2.75, 3.05) is 25.1 Å². The highest BCUT2D eigenvalue weighted by Crippen LogP contribution is 2.45. The highest BCUT2D eigenvalue weighted by atomic mass is 32.1. The maximum absolute atomic E-state index is 10.5. The Kier molecular flexibility index (Phi) is 6.42. The van der Waals surface area contributed by atoms with Crippen molar-refractivity contribution in [1.82, 2.24) is 0 Å². The number of thiol groups is 1. The van der Waals surface area contributed by atoms with Crippen LogP contribution in [-0.2, 0) is 6.42 Å². The van der Waals surface area contributed by atoms with Crippen molar-refractivity contribution in [1.29, 1.82) is 0 Å². The van der Waals surface area contributed by atoms with Crippen LogP contribution in [0.15, 0.2) is 41.5 Å². The molecule has 5 nitrogen and oxygen atoms in total. The van der Waals surface area contributed by atoms with Crippen molar-refractivity contribution in [2.24, 2.45) is 4.99 Å². The first-order chi connectivity index (χ1) is 13.9. The molecule has 1 aliphatic rings. The van der Waals surface area contributed by atoms with Crippen molar-refractivity contribution >= 4 is 28.9 Å². The van der Waals surface area contributed by atoms with Gasteiger partial charge in [0.2, 0.25) is 0 Å². The largest absolute Gasteiger partial charge is 0.508 e. The van der Waals surface area contributed by atoms with Crippen LogP contribution in [0.25, 0.3) is 5.57 Å². The number of nitrogens with zero attached hydrogens (tertiary/aromatic N) is 2. The topological polar surface area (TPSA) is 65.3 Å². The van der Waals surface area contributed by atoms with E-state index in [1.165, 1.54) is 6.07 Å². The fourth-order valence-corrected chi connectivity index (χ4v) is 4.16. The van der Waals surface area contributed by atoms with Gasteiger partial charge in [0.15, 0.2) is 0 Å². The van der Waals surface area contributed by atoms with E-state index in [1.807, 2.05) is 25.1 Å². The molecule has 29 heavy (non-hydrogen) atoms. The summed E-state index contributed by atoms with van der Waals surface area (Å²) in [5, 5.41) is 21.2. The van der Waals surface area contributed by atoms with Crippen LogP contribution < -0.4 is 9.64 Å². The van der Waals surface area contributed by atoms with Gasteiger partial charge in [0.25, 0.3) is 0 Å². The van der Waals surface area contributed by atoms with Gasteiger partial charge in [0.1, 0.15) is 17.2 Å². The highest BCUT2D eigenvalue weighted by Gasteiger charge is 2.29. The average Bonchev–Trinajstić information content (AvgIpc) is 3.10. The molecule has 0 fully saturated rings. The molecule has 0 spiro atoms. The summed E-state index contributed by atoms with van der Waals surface area (Å²) in [5.74, 6) is 0.758. The molecule has 0 saturated carbocycles. The standard InChI is InChI=1S/C23H28N2O3S/c1-5-14-10-16(20(27)12-19(14)26)17-13-24-23(29)22(17)15-8-9-21(28-4)18(11-15)25(6-2)7-3/h8-13,22,26-27H,5-7H2,1-4H3,(H,24,29). The number of aromatic hydroxyl groups is 2. The second kappa shape index (κ2) is 8.82. The highest BCUT2D eigenvalue weighted by molar-refractivity contribution is 7.97. The Morgan fingerprint density at radius 2 is 1.79 bits per heavy atom. The number of rotatable bonds is 7. The number of methoxy groups -OCH3 is 1. The monoisotopic (exact) mass is 412 g/mol. The summed E-state index contributed by atoms with van der Waals surface area (Å²) in [6.45, 7) is 7.93. The summed E-state index contributed by atoms with van der Waals surface area (Å²) in [4.78, 5) is 6.67. The van der Waals surface area contributed by atoms with E-state index in [0.29, 0.717) is 17.0 Å². The van der Waals surface area contributed by atoms with Gasteiger partial charge in [-0.15, -0.1) is 12.6 Å². The molecule has 154 valence electrons. The number of allylic oxidation sites excluding steroid dienone is 1. The van der Waals surface area contributed by atoms with Gasteiger partial charge in [-0.1, -0.05) is 13.0 Å². The SMILES string of the molecule is CCc1cc(C2=CN=C(S)C2c2ccc(OC)c(N(CC)CC)c2)c(O)cc1O. The third kappa shape index (κ3) is 3.94. The smallest absolute Gasteiger partial charge is 0.142 e. The number of phenols is 2. The van der Waals surface area contributed by atoms with Gasteiger partial charge >= 0.3 is 0 Å². The number of hydrogen-bond donors (Lipinski definition) is 3. The zero-order chi connectivity index (χ0) is 21.1. The second-order valence-electron chi connectivity index (χ2n) is 6.96. The quantitative estimate of drug-likeness (QED) is 0.561. The molecular formula is C23H28N2O3S. The first-order valence-corrected chi connectivity index (χ1v) is 10.3. The van der Waals surface area contributed by atoms with Crippen LogP contribution in [-0.4, -0.2) is 35.5 Å². The van der Waals surface area contributed by atoms with Crippen LogP contribution in [0.4, 0.5) is 5.69 Å². The van der Waals surface area contributed by atoms with Gasteiger partial charge in [-0.3, -0.25) is 4.99 Å². The lowest BCUT2D eigenvalue weighted by Crippen LogP contribution is -2.23. The Morgan fingerprint density at radius 3 is 2.41 bits per heavy atom. The van der Waals surface area contributed by atoms with Crippen LogP contribution in [0.5, 0.6) is 17.2 Å². The summed E-state index contributed by atoms with van der Waals surface area (Å²) >= 11 is 4.61. The minimum Gasteiger partial charge on any atom is -0.508 e. The summed E-state index contributed by atoms with van der Waals surface area (Å²) in [5.41, 5.74) is 4.35. The van der Waals surface area contributed by atoms with Gasteiger partial charge in [0.05, 0.1) is 23.8 Å². The Morgan fingerprint density at radius 1 is 1.07 bits per heavy atom. The molecule has 6 heteroatoms. The second-order valence-corrected chi connectivity index (χ2v) is 7.42. The molecule has 1 aliphatic heterocycles. The number of ether oxygens (including phenoxy) is 1. The third-order valence-corrected chi connectivity index (χ3v) is 5.81. The van der Waals surface area contributed by atoms with Gasteiger partial charge in [-0.25, -0.2) is 0 Å². The van der Waals surface area contributed by atoms with E-state index >= 15 is 0 Å². The predicted octanol–water partition coefficient (Wildman–Crippen LogP) is 4.98. The van der Waals surface area contributed by atoms with Crippen LogP contribution in [0.3, 0.4) is 0 Å². The summed E-state index contributed by atoms with van der Waals surface area (Å²) in [6, 6.07) is 9.32. The molecule has 0 saturated heterocycles. The maximum Gasteiger partial charge on any atom is 0.142 e. The summed E-state index contributed by atoms with van der Waals surface area (Å²) in [6.07, 6.45) is 2.42. The lowest BCUT2D eigenvalue weighted by atomic mass is 9.87. The summed E-state index contributed by atoms with van der Waals surface area (Å²) in [7, 11) is 1.68. The molecule has 2 aromatic rings. The first-order valence-electron chi connectivity index (χ1n) is 9.89. The van der Waals surface area contributed by atoms with E-state index in [9.17, 15) is 10.2 Å². The van der Waals surface area contributed by atoms with Crippen molar-refractivity contribution in [3.8, 4) is 17.2 Å². The molecule has 2 N–H and O–H groups in total. The number of anilines is 1. The van der Waals surface area contributed by atoms with Crippen LogP contribution in [0.1, 0.15) is 43.4 Å². The van der Waals surface area contributed by atoms with Crippen LogP contribution in [0, 0.1) is 0 Å². The molecule has 3 rings (SSSR count). The van der Waals surface area contributed by atoms with Gasteiger partial charge in [-0.05, 0) is 55.2 Å². The third-order valence-electron chi connectivity index (χ3n) is 5.43. The van der Waals surface area contributed by atoms with Gasteiger partial charge in [-0.2, -0.15) is 0 Å². The number of aliphatic imine (C=N–C) groups is 1. The maximum atomic E-state index is 10.5. The minimum absolute atomic E-state index is 0.0339. The van der Waals surface area contributed by atoms with E-state index in [1.54, 1.807) is 13.3 Å². The lowest BCUT2D eigenvalue weighted by Gasteiger charge is -2.26. The molecular weight excluding hydrogens is 384 g/mol. The Hall–Kier alpha value is -2.60. The number of phenolic OH excluding ortho intramolecular Hbond substituents is 2. The normalized spacial score (nSPS) is 15.8. The number of aryl methyl sites for hydroxylation is 1. The molecule has 0 aromatic heterocycles. The van der Waals surface area contributed by atoms with Gasteiger partial charge < -0.3 is 19.8 Å². The Bertz CT molecular complexity index is 965. The number of hydrogen-bond acceptors (Lipinski definition) is 5. The van der Waals surface area contributed by atoms with Crippen molar-refractivity contribution in [3.63, 3.8) is 0 Å². The van der Waals surface area contributed by atoms with E-state index in [4.69, 9.17) is 4.74 Å². The molecule has 1 atom stereocenters. The lowest BCUT2D eigenvalue weighted by molar-refractivity contribution is 0.414. The van der Waals surface area contributed by atoms with E-state index < -0.39 is 0 Å². The molecule has 1 unspecified atom stereocenters. The fourth-order valence-electron chi connectivity index (χ4n) is 3.81. The first kappa shape index (κ1) is 21.1. The van der Waals surface area contributed by atoms with Crippen molar-refractivity contribution in [2.45, 2.75) is 33.1 Å². The Balaban J connectivity index is 2.09. The molecule has 0 aliphatic carbocycles. The van der Waals surface area contributed by atoms with Crippen LogP contribution in [0.2, 0.25) is 0 Å². The van der Waals surface area contributed by atoms with E-state index in [0.717, 1.165) is 41.2 Å². The summed E-state index contributed by atoms with van der Waals surface area (Å²) < 4.78 is 5.58. The molecule has 2 aromatic carbocycles.